The number of hydrogen-bond acceptors (Lipinski definition) is 4. The molecule has 14 heavy (non-hydrogen) atoms. The number of carbonyl (C=O) groups excluding carboxylic acids is 1. The summed E-state index contributed by atoms with van der Waals surface area (Å²) in [5, 5.41) is 0. The fourth-order valence-corrected chi connectivity index (χ4v) is 0.857. The topological polar surface area (TPSA) is 61.6 Å². The average Bonchev–Trinajstić information content (AvgIpc) is 2.12. The van der Waals surface area contributed by atoms with Gasteiger partial charge in [0.2, 0.25) is 0 Å². The molecule has 4 nitrogen and oxygen atoms in total. The standard InChI is InChI=1S/C10H21NO3/c1-4-9(11)7-10(12)14-6-5-13-8(2)3/h8-9H,4-7,11H2,1-3H3. The molecule has 0 saturated heterocycles. The molecular formula is C10H21NO3. The largest absolute Gasteiger partial charge is 0.463 e. The van der Waals surface area contributed by atoms with Crippen LogP contribution < -0.4 is 5.73 Å². The van der Waals surface area contributed by atoms with Crippen molar-refractivity contribution in [1.29, 1.82) is 0 Å². The molecule has 0 bridgehead atoms. The van der Waals surface area contributed by atoms with E-state index in [2.05, 4.69) is 0 Å². The van der Waals surface area contributed by atoms with Gasteiger partial charge in [0.1, 0.15) is 6.61 Å². The van der Waals surface area contributed by atoms with E-state index in [0.29, 0.717) is 13.2 Å². The summed E-state index contributed by atoms with van der Waals surface area (Å²) >= 11 is 0. The van der Waals surface area contributed by atoms with Gasteiger partial charge < -0.3 is 15.2 Å². The minimum absolute atomic E-state index is 0.0893. The van der Waals surface area contributed by atoms with Crippen LogP contribution in [0.3, 0.4) is 0 Å². The molecule has 0 aliphatic rings. The first-order valence-corrected chi connectivity index (χ1v) is 5.09. The molecule has 0 aromatic heterocycles. The summed E-state index contributed by atoms with van der Waals surface area (Å²) in [6.45, 7) is 6.58. The van der Waals surface area contributed by atoms with Crippen molar-refractivity contribution < 1.29 is 14.3 Å². The van der Waals surface area contributed by atoms with Crippen LogP contribution in [-0.4, -0.2) is 31.3 Å². The zero-order chi connectivity index (χ0) is 11.0. The van der Waals surface area contributed by atoms with E-state index in [1.165, 1.54) is 0 Å². The molecule has 0 rings (SSSR count). The second kappa shape index (κ2) is 7.76. The van der Waals surface area contributed by atoms with Crippen molar-refractivity contribution in [3.8, 4) is 0 Å². The lowest BCUT2D eigenvalue weighted by atomic mass is 10.2. The van der Waals surface area contributed by atoms with Crippen molar-refractivity contribution >= 4 is 5.97 Å². The van der Waals surface area contributed by atoms with Crippen LogP contribution in [0.25, 0.3) is 0 Å². The molecular weight excluding hydrogens is 182 g/mol. The smallest absolute Gasteiger partial charge is 0.307 e. The van der Waals surface area contributed by atoms with Crippen LogP contribution in [0, 0.1) is 0 Å². The Hall–Kier alpha value is -0.610. The Morgan fingerprint density at radius 2 is 2.00 bits per heavy atom. The molecule has 0 aliphatic carbocycles. The number of carbonyl (C=O) groups is 1. The van der Waals surface area contributed by atoms with Crippen LogP contribution in [0.5, 0.6) is 0 Å². The maximum Gasteiger partial charge on any atom is 0.307 e. The van der Waals surface area contributed by atoms with Gasteiger partial charge in [0, 0.05) is 6.04 Å². The van der Waals surface area contributed by atoms with E-state index < -0.39 is 0 Å². The van der Waals surface area contributed by atoms with Gasteiger partial charge in [-0.1, -0.05) is 6.92 Å². The SMILES string of the molecule is CCC(N)CC(=O)OCCOC(C)C. The summed E-state index contributed by atoms with van der Waals surface area (Å²) in [6, 6.07) is -0.0893. The van der Waals surface area contributed by atoms with Crippen molar-refractivity contribution in [1.82, 2.24) is 0 Å². The zero-order valence-electron chi connectivity index (χ0n) is 9.29. The summed E-state index contributed by atoms with van der Waals surface area (Å²) in [5.41, 5.74) is 5.59. The third-order valence-electron chi connectivity index (χ3n) is 1.75. The summed E-state index contributed by atoms with van der Waals surface area (Å²) in [6.07, 6.45) is 1.25. The van der Waals surface area contributed by atoms with Crippen LogP contribution in [0.2, 0.25) is 0 Å². The minimum atomic E-state index is -0.244. The predicted molar refractivity (Wildman–Crippen MR) is 54.9 cm³/mol. The first kappa shape index (κ1) is 13.4. The van der Waals surface area contributed by atoms with Gasteiger partial charge in [0.25, 0.3) is 0 Å². The number of rotatable bonds is 7. The molecule has 84 valence electrons. The molecule has 0 aromatic rings. The molecule has 0 aromatic carbocycles. The van der Waals surface area contributed by atoms with E-state index in [1.54, 1.807) is 0 Å². The van der Waals surface area contributed by atoms with Gasteiger partial charge in [-0.05, 0) is 20.3 Å². The fraction of sp³-hybridized carbons (Fsp3) is 0.900. The van der Waals surface area contributed by atoms with E-state index in [9.17, 15) is 4.79 Å². The summed E-state index contributed by atoms with van der Waals surface area (Å²) in [7, 11) is 0. The average molecular weight is 203 g/mol. The van der Waals surface area contributed by atoms with Crippen molar-refractivity contribution in [3.63, 3.8) is 0 Å². The fourth-order valence-electron chi connectivity index (χ4n) is 0.857. The van der Waals surface area contributed by atoms with Crippen LogP contribution in [0.1, 0.15) is 33.6 Å². The van der Waals surface area contributed by atoms with Crippen molar-refractivity contribution in [2.45, 2.75) is 45.8 Å². The van der Waals surface area contributed by atoms with Crippen molar-refractivity contribution in [2.24, 2.45) is 5.73 Å². The monoisotopic (exact) mass is 203 g/mol. The summed E-state index contributed by atoms with van der Waals surface area (Å²) < 4.78 is 10.1. The Morgan fingerprint density at radius 1 is 1.36 bits per heavy atom. The van der Waals surface area contributed by atoms with Gasteiger partial charge in [-0.25, -0.2) is 0 Å². The number of nitrogens with two attached hydrogens (primary N) is 1. The quantitative estimate of drug-likeness (QED) is 0.497. The van der Waals surface area contributed by atoms with E-state index in [4.69, 9.17) is 15.2 Å². The third kappa shape index (κ3) is 8.01. The maximum atomic E-state index is 11.1. The Balaban J connectivity index is 3.36. The summed E-state index contributed by atoms with van der Waals surface area (Å²) in [4.78, 5) is 11.1. The lowest BCUT2D eigenvalue weighted by Gasteiger charge is -2.10. The highest BCUT2D eigenvalue weighted by Crippen LogP contribution is 1.96. The molecule has 0 saturated carbocycles. The van der Waals surface area contributed by atoms with E-state index in [0.717, 1.165) is 6.42 Å². The minimum Gasteiger partial charge on any atom is -0.463 e. The Kier molecular flexibility index (Phi) is 7.42. The van der Waals surface area contributed by atoms with Crippen molar-refractivity contribution in [2.75, 3.05) is 13.2 Å². The highest BCUT2D eigenvalue weighted by molar-refractivity contribution is 5.70. The predicted octanol–water partition coefficient (Wildman–Crippen LogP) is 1.08. The highest BCUT2D eigenvalue weighted by atomic mass is 16.6. The lowest BCUT2D eigenvalue weighted by molar-refractivity contribution is -0.146. The summed E-state index contributed by atoms with van der Waals surface area (Å²) in [5.74, 6) is -0.244. The molecule has 0 aliphatic heterocycles. The van der Waals surface area contributed by atoms with Gasteiger partial charge in [-0.3, -0.25) is 4.79 Å². The molecule has 1 atom stereocenters. The third-order valence-corrected chi connectivity index (χ3v) is 1.75. The van der Waals surface area contributed by atoms with Crippen LogP contribution >= 0.6 is 0 Å². The van der Waals surface area contributed by atoms with Crippen LogP contribution in [-0.2, 0) is 14.3 Å². The van der Waals surface area contributed by atoms with Gasteiger partial charge in [0.15, 0.2) is 0 Å². The number of ether oxygens (including phenoxy) is 2. The van der Waals surface area contributed by atoms with Crippen LogP contribution in [0.4, 0.5) is 0 Å². The van der Waals surface area contributed by atoms with Gasteiger partial charge in [-0.15, -0.1) is 0 Å². The second-order valence-electron chi connectivity index (χ2n) is 3.51. The van der Waals surface area contributed by atoms with E-state index in [-0.39, 0.29) is 24.5 Å². The van der Waals surface area contributed by atoms with Gasteiger partial charge in [-0.2, -0.15) is 0 Å². The Labute approximate surface area is 85.8 Å². The molecule has 0 amide bonds. The number of hydrogen-bond donors (Lipinski definition) is 1. The molecule has 0 radical (unpaired) electrons. The zero-order valence-corrected chi connectivity index (χ0v) is 9.29. The van der Waals surface area contributed by atoms with Crippen molar-refractivity contribution in [3.05, 3.63) is 0 Å². The molecule has 0 heterocycles. The Bertz CT molecular complexity index is 159. The van der Waals surface area contributed by atoms with Gasteiger partial charge >= 0.3 is 5.97 Å². The number of esters is 1. The van der Waals surface area contributed by atoms with E-state index >= 15 is 0 Å². The maximum absolute atomic E-state index is 11.1. The second-order valence-corrected chi connectivity index (χ2v) is 3.51. The molecule has 4 heteroatoms. The molecule has 0 spiro atoms. The van der Waals surface area contributed by atoms with Gasteiger partial charge in [0.05, 0.1) is 19.1 Å². The highest BCUT2D eigenvalue weighted by Gasteiger charge is 2.08. The first-order chi connectivity index (χ1) is 6.56. The first-order valence-electron chi connectivity index (χ1n) is 5.09. The molecule has 0 fully saturated rings. The van der Waals surface area contributed by atoms with E-state index in [1.807, 2.05) is 20.8 Å². The lowest BCUT2D eigenvalue weighted by Crippen LogP contribution is -2.24. The van der Waals surface area contributed by atoms with Crippen LogP contribution in [0.15, 0.2) is 0 Å². The molecule has 2 N–H and O–H groups in total. The Morgan fingerprint density at radius 3 is 2.50 bits per heavy atom. The normalized spacial score (nSPS) is 12.9. The molecule has 1 unspecified atom stereocenters.